The molecule has 0 aliphatic rings. The van der Waals surface area contributed by atoms with E-state index in [2.05, 4.69) is 0 Å². The monoisotopic (exact) mass is 422 g/mol. The number of halogens is 1. The number of aromatic nitrogens is 1. The number of carbonyl (C=O) groups is 1. The number of hydrogen-bond acceptors (Lipinski definition) is 4. The fraction of sp³-hybridized carbons (Fsp3) is 0.208. The van der Waals surface area contributed by atoms with Gasteiger partial charge in [0.1, 0.15) is 11.5 Å². The van der Waals surface area contributed by atoms with E-state index in [1.165, 1.54) is 12.1 Å². The zero-order valence-electron chi connectivity index (χ0n) is 17.6. The van der Waals surface area contributed by atoms with Gasteiger partial charge in [-0.25, -0.2) is 4.39 Å². The van der Waals surface area contributed by atoms with Crippen molar-refractivity contribution in [2.75, 3.05) is 21.3 Å². The quantitative estimate of drug-likeness (QED) is 0.433. The maximum Gasteiger partial charge on any atom is 0.270 e. The van der Waals surface area contributed by atoms with Crippen molar-refractivity contribution >= 4 is 17.0 Å². The van der Waals surface area contributed by atoms with Gasteiger partial charge in [-0.3, -0.25) is 4.79 Å². The van der Waals surface area contributed by atoms with E-state index in [4.69, 9.17) is 13.9 Å². The van der Waals surface area contributed by atoms with Gasteiger partial charge in [-0.15, -0.1) is 0 Å². The molecule has 0 aliphatic carbocycles. The number of ether oxygens (including phenoxy) is 2. The van der Waals surface area contributed by atoms with Crippen LogP contribution in [0.15, 0.2) is 65.3 Å². The lowest BCUT2D eigenvalue weighted by Gasteiger charge is -2.19. The Bertz CT molecular complexity index is 1230. The summed E-state index contributed by atoms with van der Waals surface area (Å²) in [4.78, 5) is 14.9. The normalized spacial score (nSPS) is 11.0. The first-order valence-electron chi connectivity index (χ1n) is 9.77. The number of benzene rings is 2. The number of carbonyl (C=O) groups excluding carboxylic acids is 1. The molecule has 0 radical (unpaired) electrons. The third-order valence-electron chi connectivity index (χ3n) is 5.19. The highest BCUT2D eigenvalue weighted by Crippen LogP contribution is 2.29. The molecular formula is C24H23FN2O4. The number of fused-ring (bicyclic) bond motifs is 1. The topological polar surface area (TPSA) is 56.8 Å². The van der Waals surface area contributed by atoms with Crippen molar-refractivity contribution in [3.63, 3.8) is 0 Å². The molecule has 0 fully saturated rings. The Morgan fingerprint density at radius 1 is 1.03 bits per heavy atom. The smallest absolute Gasteiger partial charge is 0.270 e. The van der Waals surface area contributed by atoms with Gasteiger partial charge in [0.2, 0.25) is 0 Å². The fourth-order valence-corrected chi connectivity index (χ4v) is 3.66. The number of furan rings is 1. The molecule has 0 unspecified atom stereocenters. The predicted molar refractivity (Wildman–Crippen MR) is 115 cm³/mol. The first-order valence-corrected chi connectivity index (χ1v) is 9.77. The van der Waals surface area contributed by atoms with Crippen LogP contribution in [-0.4, -0.2) is 36.6 Å². The second-order valence-corrected chi connectivity index (χ2v) is 7.27. The van der Waals surface area contributed by atoms with E-state index in [1.807, 2.05) is 28.8 Å². The molecule has 0 spiro atoms. The first-order chi connectivity index (χ1) is 15.0. The Hall–Kier alpha value is -3.74. The molecular weight excluding hydrogens is 399 g/mol. The summed E-state index contributed by atoms with van der Waals surface area (Å²) in [5, 5.41) is 0. The molecule has 0 saturated heterocycles. The number of nitrogens with zero attached hydrogens (tertiary/aromatic N) is 2. The Morgan fingerprint density at radius 2 is 1.84 bits per heavy atom. The van der Waals surface area contributed by atoms with Crippen LogP contribution in [0, 0.1) is 5.82 Å². The van der Waals surface area contributed by atoms with E-state index in [-0.39, 0.29) is 11.7 Å². The van der Waals surface area contributed by atoms with Crippen LogP contribution < -0.4 is 9.47 Å². The van der Waals surface area contributed by atoms with E-state index in [1.54, 1.807) is 50.6 Å². The van der Waals surface area contributed by atoms with Crippen molar-refractivity contribution in [2.45, 2.75) is 13.1 Å². The zero-order chi connectivity index (χ0) is 22.0. The van der Waals surface area contributed by atoms with Gasteiger partial charge in [-0.05, 0) is 35.4 Å². The Kier molecular flexibility index (Phi) is 5.66. The lowest BCUT2D eigenvalue weighted by Crippen LogP contribution is -2.28. The highest BCUT2D eigenvalue weighted by Gasteiger charge is 2.21. The Morgan fingerprint density at radius 3 is 2.58 bits per heavy atom. The van der Waals surface area contributed by atoms with Gasteiger partial charge in [0.05, 0.1) is 26.0 Å². The van der Waals surface area contributed by atoms with Crippen molar-refractivity contribution in [3.8, 4) is 11.5 Å². The Balaban J connectivity index is 1.62. The summed E-state index contributed by atoms with van der Waals surface area (Å²) in [6.07, 6.45) is 1.58. The van der Waals surface area contributed by atoms with Gasteiger partial charge in [0.15, 0.2) is 17.1 Å². The SMILES string of the molecule is COc1ccc(CN(C)C(=O)c2cc3occc3n2Cc2cccc(F)c2)cc1OC. The largest absolute Gasteiger partial charge is 0.493 e. The molecule has 4 aromatic rings. The van der Waals surface area contributed by atoms with E-state index in [9.17, 15) is 9.18 Å². The Labute approximate surface area is 179 Å². The summed E-state index contributed by atoms with van der Waals surface area (Å²) in [6, 6.07) is 15.4. The fourth-order valence-electron chi connectivity index (χ4n) is 3.66. The summed E-state index contributed by atoms with van der Waals surface area (Å²) in [5.74, 6) is 0.751. The highest BCUT2D eigenvalue weighted by molar-refractivity contribution is 5.97. The maximum absolute atomic E-state index is 13.7. The molecule has 0 saturated carbocycles. The number of hydrogen-bond donors (Lipinski definition) is 0. The average molecular weight is 422 g/mol. The average Bonchev–Trinajstić information content (AvgIpc) is 3.35. The van der Waals surface area contributed by atoms with Crippen LogP contribution in [0.2, 0.25) is 0 Å². The molecule has 2 heterocycles. The van der Waals surface area contributed by atoms with Crippen LogP contribution in [0.4, 0.5) is 4.39 Å². The third-order valence-corrected chi connectivity index (χ3v) is 5.19. The minimum Gasteiger partial charge on any atom is -0.493 e. The van der Waals surface area contributed by atoms with Crippen molar-refractivity contribution in [1.82, 2.24) is 9.47 Å². The minimum absolute atomic E-state index is 0.169. The van der Waals surface area contributed by atoms with E-state index in [0.29, 0.717) is 35.9 Å². The third kappa shape index (κ3) is 4.12. The lowest BCUT2D eigenvalue weighted by atomic mass is 10.2. The minimum atomic E-state index is -0.313. The van der Waals surface area contributed by atoms with Crippen LogP contribution in [0.1, 0.15) is 21.6 Å². The van der Waals surface area contributed by atoms with E-state index < -0.39 is 0 Å². The first kappa shape index (κ1) is 20.5. The van der Waals surface area contributed by atoms with Gasteiger partial charge in [-0.1, -0.05) is 18.2 Å². The molecule has 2 aromatic carbocycles. The number of amides is 1. The van der Waals surface area contributed by atoms with E-state index >= 15 is 0 Å². The predicted octanol–water partition coefficient (Wildman–Crippen LogP) is 4.71. The molecule has 0 aliphatic heterocycles. The summed E-state index contributed by atoms with van der Waals surface area (Å²) in [5.41, 5.74) is 3.53. The van der Waals surface area contributed by atoms with Crippen LogP contribution in [0.5, 0.6) is 11.5 Å². The maximum atomic E-state index is 13.7. The van der Waals surface area contributed by atoms with Crippen LogP contribution in [-0.2, 0) is 13.1 Å². The highest BCUT2D eigenvalue weighted by atomic mass is 19.1. The number of rotatable bonds is 7. The van der Waals surface area contributed by atoms with Gasteiger partial charge >= 0.3 is 0 Å². The van der Waals surface area contributed by atoms with Crippen molar-refractivity contribution < 1.29 is 23.1 Å². The standard InChI is InChI=1S/C24H23FN2O4/c1-26(14-17-7-8-21(29-2)23(12-17)30-3)24(28)20-13-22-19(9-10-31-22)27(20)15-16-5-4-6-18(25)11-16/h4-13H,14-15H2,1-3H3. The second-order valence-electron chi connectivity index (χ2n) is 7.27. The van der Waals surface area contributed by atoms with Gasteiger partial charge < -0.3 is 23.4 Å². The molecule has 0 atom stereocenters. The van der Waals surface area contributed by atoms with Crippen molar-refractivity contribution in [3.05, 3.63) is 83.5 Å². The van der Waals surface area contributed by atoms with Gasteiger partial charge in [-0.2, -0.15) is 0 Å². The molecule has 160 valence electrons. The van der Waals surface area contributed by atoms with Crippen LogP contribution in [0.3, 0.4) is 0 Å². The summed E-state index contributed by atoms with van der Waals surface area (Å²) >= 11 is 0. The molecule has 2 aromatic heterocycles. The molecule has 7 heteroatoms. The van der Waals surface area contributed by atoms with Crippen LogP contribution in [0.25, 0.3) is 11.1 Å². The van der Waals surface area contributed by atoms with Crippen LogP contribution >= 0.6 is 0 Å². The zero-order valence-corrected chi connectivity index (χ0v) is 17.6. The van der Waals surface area contributed by atoms with Crippen molar-refractivity contribution in [2.24, 2.45) is 0 Å². The summed E-state index contributed by atoms with van der Waals surface area (Å²) in [7, 11) is 4.89. The lowest BCUT2D eigenvalue weighted by molar-refractivity contribution is 0.0775. The number of methoxy groups -OCH3 is 2. The molecule has 0 bridgehead atoms. The molecule has 4 rings (SSSR count). The summed E-state index contributed by atoms with van der Waals surface area (Å²) in [6.45, 7) is 0.734. The van der Waals surface area contributed by atoms with Gasteiger partial charge in [0.25, 0.3) is 5.91 Å². The molecule has 0 N–H and O–H groups in total. The van der Waals surface area contributed by atoms with E-state index in [0.717, 1.165) is 16.6 Å². The van der Waals surface area contributed by atoms with Crippen molar-refractivity contribution in [1.29, 1.82) is 0 Å². The summed E-state index contributed by atoms with van der Waals surface area (Å²) < 4.78 is 31.7. The molecule has 31 heavy (non-hydrogen) atoms. The molecule has 6 nitrogen and oxygen atoms in total. The molecule has 1 amide bonds. The second kappa shape index (κ2) is 8.55. The van der Waals surface area contributed by atoms with Gasteiger partial charge in [0, 0.05) is 32.3 Å².